The number of hydrogen-bond donors (Lipinski definition) is 2. The van der Waals surface area contributed by atoms with Crippen LogP contribution >= 0.6 is 0 Å². The second kappa shape index (κ2) is 13.9. The first kappa shape index (κ1) is 30.4. The summed E-state index contributed by atoms with van der Waals surface area (Å²) < 4.78 is 5.38. The molecule has 0 unspecified atom stereocenters. The lowest BCUT2D eigenvalue weighted by Crippen LogP contribution is -2.49. The van der Waals surface area contributed by atoms with E-state index >= 15 is 0 Å². The molecule has 0 radical (unpaired) electrons. The first-order valence-corrected chi connectivity index (χ1v) is 13.9. The molecule has 2 aromatic carbocycles. The topological polar surface area (TPSA) is 125 Å². The standard InChI is InChI=1S/C32H38N6O4/c1-21(2)26-16-27(18-33-17-26)37(4)19-29(39)28(14-23-10-7-6-8-11-23)34-31(40)24-12-9-13-25(15-24)32(41)38(5)20-30-36-35-22(3)42-30/h6-13,15-18,21,28-29,39H,14,19-20H2,1-5H3,(H,34,40)/t28-,29+/m0/s1. The third-order valence-electron chi connectivity index (χ3n) is 7.05. The quantitative estimate of drug-likeness (QED) is 0.262. The van der Waals surface area contributed by atoms with Crippen LogP contribution < -0.4 is 10.2 Å². The second-order valence-corrected chi connectivity index (χ2v) is 10.8. The van der Waals surface area contributed by atoms with E-state index in [-0.39, 0.29) is 24.9 Å². The van der Waals surface area contributed by atoms with Gasteiger partial charge in [0.2, 0.25) is 11.8 Å². The van der Waals surface area contributed by atoms with Gasteiger partial charge in [-0.2, -0.15) is 0 Å². The van der Waals surface area contributed by atoms with Crippen LogP contribution in [-0.4, -0.2) is 69.8 Å². The molecule has 0 aliphatic rings. The molecule has 220 valence electrons. The number of anilines is 1. The van der Waals surface area contributed by atoms with Crippen LogP contribution in [0.25, 0.3) is 0 Å². The number of carbonyl (C=O) groups excluding carboxylic acids is 2. The molecule has 0 fully saturated rings. The number of aliphatic hydroxyl groups excluding tert-OH is 1. The average molecular weight is 571 g/mol. The van der Waals surface area contributed by atoms with E-state index in [0.29, 0.717) is 35.2 Å². The summed E-state index contributed by atoms with van der Waals surface area (Å²) in [6.45, 7) is 6.32. The minimum absolute atomic E-state index is 0.143. The normalized spacial score (nSPS) is 12.5. The summed E-state index contributed by atoms with van der Waals surface area (Å²) in [5.74, 6) is 0.396. The van der Waals surface area contributed by atoms with E-state index in [4.69, 9.17) is 4.42 Å². The third kappa shape index (κ3) is 8.01. The van der Waals surface area contributed by atoms with Crippen molar-refractivity contribution in [3.05, 3.63) is 107 Å². The molecule has 0 aliphatic carbocycles. The van der Waals surface area contributed by atoms with Gasteiger partial charge in [0.1, 0.15) is 0 Å². The number of pyridine rings is 1. The Hall–Kier alpha value is -4.57. The number of nitrogens with zero attached hydrogens (tertiary/aromatic N) is 5. The molecule has 42 heavy (non-hydrogen) atoms. The number of amides is 2. The number of rotatable bonds is 12. The van der Waals surface area contributed by atoms with E-state index < -0.39 is 12.1 Å². The zero-order valence-corrected chi connectivity index (χ0v) is 24.7. The number of aliphatic hydroxyl groups is 1. The fraction of sp³-hybridized carbons (Fsp3) is 0.344. The molecular formula is C32H38N6O4. The summed E-state index contributed by atoms with van der Waals surface area (Å²) in [4.78, 5) is 34.3. The molecule has 0 saturated carbocycles. The molecule has 2 N–H and O–H groups in total. The van der Waals surface area contributed by atoms with E-state index in [1.54, 1.807) is 44.4 Å². The summed E-state index contributed by atoms with van der Waals surface area (Å²) in [5, 5.41) is 22.1. The zero-order valence-electron chi connectivity index (χ0n) is 24.7. The molecule has 4 aromatic rings. The Kier molecular flexibility index (Phi) is 10.0. The number of carbonyl (C=O) groups is 2. The molecule has 0 spiro atoms. The molecule has 0 aliphatic heterocycles. The molecule has 4 rings (SSSR count). The zero-order chi connectivity index (χ0) is 30.2. The highest BCUT2D eigenvalue weighted by Crippen LogP contribution is 2.20. The number of aryl methyl sites for hydroxylation is 1. The van der Waals surface area contributed by atoms with Crippen molar-refractivity contribution >= 4 is 17.5 Å². The summed E-state index contributed by atoms with van der Waals surface area (Å²) in [6.07, 6.45) is 3.15. The lowest BCUT2D eigenvalue weighted by Gasteiger charge is -2.29. The maximum absolute atomic E-state index is 13.5. The highest BCUT2D eigenvalue weighted by atomic mass is 16.4. The average Bonchev–Trinajstić information content (AvgIpc) is 3.40. The SMILES string of the molecule is Cc1nnc(CN(C)C(=O)c2cccc(C(=O)N[C@@H](Cc3ccccc3)[C@H](O)CN(C)c3cncc(C(C)C)c3)c2)o1. The fourth-order valence-electron chi connectivity index (χ4n) is 4.58. The van der Waals surface area contributed by atoms with Crippen molar-refractivity contribution in [3.8, 4) is 0 Å². The summed E-state index contributed by atoms with van der Waals surface area (Å²) >= 11 is 0. The van der Waals surface area contributed by atoms with Crippen LogP contribution in [-0.2, 0) is 13.0 Å². The highest BCUT2D eigenvalue weighted by Gasteiger charge is 2.25. The van der Waals surface area contributed by atoms with Gasteiger partial charge in [0, 0.05) is 44.9 Å². The van der Waals surface area contributed by atoms with Gasteiger partial charge in [-0.3, -0.25) is 14.6 Å². The van der Waals surface area contributed by atoms with E-state index in [9.17, 15) is 14.7 Å². The van der Waals surface area contributed by atoms with Crippen molar-refractivity contribution in [1.82, 2.24) is 25.4 Å². The predicted molar refractivity (Wildman–Crippen MR) is 160 cm³/mol. The number of benzene rings is 2. The number of hydrogen-bond acceptors (Lipinski definition) is 8. The Labute approximate surface area is 246 Å². The highest BCUT2D eigenvalue weighted by molar-refractivity contribution is 5.99. The molecule has 2 heterocycles. The van der Waals surface area contributed by atoms with Gasteiger partial charge in [-0.1, -0.05) is 50.2 Å². The fourth-order valence-corrected chi connectivity index (χ4v) is 4.58. The minimum atomic E-state index is -0.893. The van der Waals surface area contributed by atoms with Crippen LogP contribution in [0.5, 0.6) is 0 Å². The number of nitrogens with one attached hydrogen (secondary N) is 1. The maximum atomic E-state index is 13.5. The Balaban J connectivity index is 1.49. The van der Waals surface area contributed by atoms with Crippen LogP contribution in [0.3, 0.4) is 0 Å². The number of aromatic nitrogens is 3. The van der Waals surface area contributed by atoms with E-state index in [0.717, 1.165) is 16.8 Å². The first-order valence-electron chi connectivity index (χ1n) is 13.9. The minimum Gasteiger partial charge on any atom is -0.424 e. The second-order valence-electron chi connectivity index (χ2n) is 10.8. The summed E-state index contributed by atoms with van der Waals surface area (Å²) in [6, 6.07) is 17.7. The molecule has 2 atom stereocenters. The first-order chi connectivity index (χ1) is 20.1. The summed E-state index contributed by atoms with van der Waals surface area (Å²) in [7, 11) is 3.52. The van der Waals surface area contributed by atoms with Gasteiger partial charge < -0.3 is 24.6 Å². The Bertz CT molecular complexity index is 1490. The smallest absolute Gasteiger partial charge is 0.254 e. The molecular weight excluding hydrogens is 532 g/mol. The van der Waals surface area contributed by atoms with Gasteiger partial charge in [0.25, 0.3) is 11.8 Å². The Morgan fingerprint density at radius 1 is 0.976 bits per heavy atom. The van der Waals surface area contributed by atoms with Crippen molar-refractivity contribution < 1.29 is 19.1 Å². The van der Waals surface area contributed by atoms with Crippen LogP contribution in [0.2, 0.25) is 0 Å². The maximum Gasteiger partial charge on any atom is 0.254 e. The lowest BCUT2D eigenvalue weighted by atomic mass is 9.99. The van der Waals surface area contributed by atoms with Crippen molar-refractivity contribution in [3.63, 3.8) is 0 Å². The van der Waals surface area contributed by atoms with Crippen molar-refractivity contribution in [1.29, 1.82) is 0 Å². The molecule has 0 saturated heterocycles. The van der Waals surface area contributed by atoms with Crippen molar-refractivity contribution in [2.75, 3.05) is 25.5 Å². The van der Waals surface area contributed by atoms with Gasteiger partial charge >= 0.3 is 0 Å². The third-order valence-corrected chi connectivity index (χ3v) is 7.05. The monoisotopic (exact) mass is 570 g/mol. The van der Waals surface area contributed by atoms with Crippen molar-refractivity contribution in [2.24, 2.45) is 0 Å². The predicted octanol–water partition coefficient (Wildman–Crippen LogP) is 4.01. The van der Waals surface area contributed by atoms with Gasteiger partial charge in [0.05, 0.1) is 30.6 Å². The molecule has 2 amide bonds. The van der Waals surface area contributed by atoms with Gasteiger partial charge in [-0.05, 0) is 47.7 Å². The number of likely N-dealkylation sites (N-methyl/N-ethyl adjacent to an activating group) is 1. The molecule has 10 nitrogen and oxygen atoms in total. The molecule has 2 aromatic heterocycles. The van der Waals surface area contributed by atoms with Gasteiger partial charge in [-0.25, -0.2) is 0 Å². The molecule has 0 bridgehead atoms. The Morgan fingerprint density at radius 3 is 2.40 bits per heavy atom. The van der Waals surface area contributed by atoms with Crippen LogP contribution in [0.1, 0.15) is 63.4 Å². The summed E-state index contributed by atoms with van der Waals surface area (Å²) in [5.41, 5.74) is 3.63. The van der Waals surface area contributed by atoms with E-state index in [1.165, 1.54) is 4.90 Å². The van der Waals surface area contributed by atoms with E-state index in [2.05, 4.69) is 40.4 Å². The van der Waals surface area contributed by atoms with Crippen LogP contribution in [0.15, 0.2) is 77.5 Å². The van der Waals surface area contributed by atoms with Crippen LogP contribution in [0.4, 0.5) is 5.69 Å². The van der Waals surface area contributed by atoms with E-state index in [1.807, 2.05) is 48.5 Å². The lowest BCUT2D eigenvalue weighted by molar-refractivity contribution is 0.0772. The van der Waals surface area contributed by atoms with Crippen LogP contribution in [0, 0.1) is 6.92 Å². The van der Waals surface area contributed by atoms with Crippen molar-refractivity contribution in [2.45, 2.75) is 51.8 Å². The largest absolute Gasteiger partial charge is 0.424 e. The Morgan fingerprint density at radius 2 is 1.71 bits per heavy atom. The van der Waals surface area contributed by atoms with Gasteiger partial charge in [-0.15, -0.1) is 10.2 Å². The molecule has 10 heteroatoms. The van der Waals surface area contributed by atoms with Gasteiger partial charge in [0.15, 0.2) is 0 Å².